The van der Waals surface area contributed by atoms with Gasteiger partial charge in [-0.3, -0.25) is 0 Å². The minimum Gasteiger partial charge on any atom is -0.486 e. The van der Waals surface area contributed by atoms with E-state index in [1.807, 2.05) is 12.1 Å². The number of carboxylic acid groups (broad SMARTS) is 1. The maximum absolute atomic E-state index is 11.1. The van der Waals surface area contributed by atoms with Crippen LogP contribution in [0.2, 0.25) is 0 Å². The second-order valence-corrected chi connectivity index (χ2v) is 5.97. The molecule has 1 atom stereocenters. The minimum atomic E-state index is -0.960. The van der Waals surface area contributed by atoms with Crippen molar-refractivity contribution in [3.05, 3.63) is 28.6 Å². The number of nitrogens with zero attached hydrogens (tertiary/aromatic N) is 1. The summed E-state index contributed by atoms with van der Waals surface area (Å²) in [5.74, 6) is -0.363. The van der Waals surface area contributed by atoms with E-state index in [0.717, 1.165) is 34.5 Å². The van der Waals surface area contributed by atoms with Crippen LogP contribution in [0.25, 0.3) is 11.3 Å². The number of aryl methyl sites for hydroxylation is 1. The fraction of sp³-hybridized carbons (Fsp3) is 0.333. The van der Waals surface area contributed by atoms with E-state index in [4.69, 9.17) is 9.84 Å². The predicted molar refractivity (Wildman–Crippen MR) is 79.0 cm³/mol. The molecule has 0 bridgehead atoms. The van der Waals surface area contributed by atoms with Crippen LogP contribution in [0.3, 0.4) is 0 Å². The summed E-state index contributed by atoms with van der Waals surface area (Å²) in [5, 5.41) is 18.8. The van der Waals surface area contributed by atoms with E-state index in [-0.39, 0.29) is 5.19 Å². The first-order chi connectivity index (χ1) is 10.1. The van der Waals surface area contributed by atoms with Crippen LogP contribution >= 0.6 is 11.3 Å². The standard InChI is InChI=1S/C15H15NO4S/c1-2-10(14(17)18)20-11-5-3-4-9-8(11)6-7-12-13(9)16-15(19)21-12/h3-5,10H,2,6-7H2,1H3,(H,16,19)(H,17,18). The van der Waals surface area contributed by atoms with Crippen molar-refractivity contribution in [2.75, 3.05) is 0 Å². The third kappa shape index (κ3) is 2.47. The van der Waals surface area contributed by atoms with Crippen molar-refractivity contribution in [3.8, 4) is 22.2 Å². The molecule has 0 spiro atoms. The smallest absolute Gasteiger partial charge is 0.344 e. The number of thiazole rings is 1. The van der Waals surface area contributed by atoms with Gasteiger partial charge in [0.2, 0.25) is 0 Å². The molecule has 0 amide bonds. The van der Waals surface area contributed by atoms with E-state index in [9.17, 15) is 9.90 Å². The number of ether oxygens (including phenoxy) is 1. The molecule has 6 heteroatoms. The molecule has 0 saturated carbocycles. The van der Waals surface area contributed by atoms with Crippen molar-refractivity contribution in [1.82, 2.24) is 4.98 Å². The molecule has 2 N–H and O–H groups in total. The van der Waals surface area contributed by atoms with E-state index in [1.54, 1.807) is 13.0 Å². The van der Waals surface area contributed by atoms with Gasteiger partial charge in [0.1, 0.15) is 5.75 Å². The number of hydrogen-bond acceptors (Lipinski definition) is 5. The summed E-state index contributed by atoms with van der Waals surface area (Å²) >= 11 is 1.29. The Kier molecular flexibility index (Phi) is 3.55. The van der Waals surface area contributed by atoms with Crippen molar-refractivity contribution < 1.29 is 19.7 Å². The predicted octanol–water partition coefficient (Wildman–Crippen LogP) is 2.86. The number of carbonyl (C=O) groups is 1. The van der Waals surface area contributed by atoms with Crippen LogP contribution in [0.5, 0.6) is 10.9 Å². The summed E-state index contributed by atoms with van der Waals surface area (Å²) in [6.07, 6.45) is 1.10. The number of aromatic nitrogens is 1. The molecule has 2 aromatic rings. The molecular formula is C15H15NO4S. The van der Waals surface area contributed by atoms with Gasteiger partial charge in [0, 0.05) is 16.0 Å². The number of hydrogen-bond donors (Lipinski definition) is 2. The Morgan fingerprint density at radius 3 is 3.00 bits per heavy atom. The number of carboxylic acids is 1. The lowest BCUT2D eigenvalue weighted by molar-refractivity contribution is -0.145. The third-order valence-electron chi connectivity index (χ3n) is 3.59. The maximum Gasteiger partial charge on any atom is 0.344 e. The molecule has 3 rings (SSSR count). The monoisotopic (exact) mass is 305 g/mol. The van der Waals surface area contributed by atoms with Gasteiger partial charge < -0.3 is 14.9 Å². The van der Waals surface area contributed by atoms with Crippen molar-refractivity contribution in [2.45, 2.75) is 32.3 Å². The first-order valence-electron chi connectivity index (χ1n) is 6.80. The lowest BCUT2D eigenvalue weighted by atomic mass is 9.92. The summed E-state index contributed by atoms with van der Waals surface area (Å²) in [6, 6.07) is 5.55. The first-order valence-corrected chi connectivity index (χ1v) is 7.62. The fourth-order valence-corrected chi connectivity index (χ4v) is 3.39. The Hall–Kier alpha value is -2.08. The molecule has 1 aromatic carbocycles. The number of benzene rings is 1. The van der Waals surface area contributed by atoms with E-state index >= 15 is 0 Å². The highest BCUT2D eigenvalue weighted by atomic mass is 32.1. The molecule has 1 unspecified atom stereocenters. The molecular weight excluding hydrogens is 290 g/mol. The van der Waals surface area contributed by atoms with Gasteiger partial charge in [0.05, 0.1) is 5.69 Å². The summed E-state index contributed by atoms with van der Waals surface area (Å²) < 4.78 is 5.66. The lowest BCUT2D eigenvalue weighted by Gasteiger charge is -2.21. The molecule has 0 aliphatic heterocycles. The van der Waals surface area contributed by atoms with Crippen LogP contribution in [-0.2, 0) is 17.6 Å². The van der Waals surface area contributed by atoms with Gasteiger partial charge in [-0.15, -0.1) is 0 Å². The van der Waals surface area contributed by atoms with Crippen molar-refractivity contribution in [2.24, 2.45) is 0 Å². The van der Waals surface area contributed by atoms with E-state index in [2.05, 4.69) is 4.98 Å². The highest BCUT2D eigenvalue weighted by Crippen LogP contribution is 2.41. The number of rotatable bonds is 4. The Balaban J connectivity index is 2.01. The largest absolute Gasteiger partial charge is 0.486 e. The van der Waals surface area contributed by atoms with Crippen LogP contribution in [0.1, 0.15) is 23.8 Å². The molecule has 0 saturated heterocycles. The molecule has 1 aliphatic carbocycles. The number of aromatic hydroxyl groups is 1. The zero-order valence-electron chi connectivity index (χ0n) is 11.5. The zero-order valence-corrected chi connectivity index (χ0v) is 12.3. The third-order valence-corrected chi connectivity index (χ3v) is 4.51. The average Bonchev–Trinajstić information content (AvgIpc) is 2.85. The molecule has 110 valence electrons. The van der Waals surface area contributed by atoms with Gasteiger partial charge in [-0.1, -0.05) is 30.4 Å². The first kappa shape index (κ1) is 13.9. The maximum atomic E-state index is 11.1. The number of aliphatic carboxylic acids is 1. The lowest BCUT2D eigenvalue weighted by Crippen LogP contribution is -2.26. The number of fused-ring (bicyclic) bond motifs is 3. The zero-order chi connectivity index (χ0) is 15.0. The summed E-state index contributed by atoms with van der Waals surface area (Å²) in [5.41, 5.74) is 2.67. The van der Waals surface area contributed by atoms with E-state index in [1.165, 1.54) is 11.3 Å². The van der Waals surface area contributed by atoms with Crippen LogP contribution in [0.15, 0.2) is 18.2 Å². The SMILES string of the molecule is CCC(Oc1cccc2c1CCc1sc(O)nc1-2)C(=O)O. The van der Waals surface area contributed by atoms with Crippen LogP contribution < -0.4 is 4.74 Å². The van der Waals surface area contributed by atoms with Gasteiger partial charge in [-0.2, -0.15) is 0 Å². The molecule has 0 fully saturated rings. The van der Waals surface area contributed by atoms with E-state index < -0.39 is 12.1 Å². The molecule has 1 heterocycles. The van der Waals surface area contributed by atoms with Gasteiger partial charge in [-0.05, 0) is 25.3 Å². The van der Waals surface area contributed by atoms with Gasteiger partial charge in [0.25, 0.3) is 5.19 Å². The summed E-state index contributed by atoms with van der Waals surface area (Å²) in [6.45, 7) is 1.78. The van der Waals surface area contributed by atoms with Crippen molar-refractivity contribution in [1.29, 1.82) is 0 Å². The van der Waals surface area contributed by atoms with E-state index in [0.29, 0.717) is 12.2 Å². The highest BCUT2D eigenvalue weighted by Gasteiger charge is 2.25. The Bertz CT molecular complexity index is 695. The molecule has 5 nitrogen and oxygen atoms in total. The fourth-order valence-electron chi connectivity index (χ4n) is 2.58. The highest BCUT2D eigenvalue weighted by molar-refractivity contribution is 7.13. The Morgan fingerprint density at radius 1 is 1.48 bits per heavy atom. The summed E-state index contributed by atoms with van der Waals surface area (Å²) in [7, 11) is 0. The Morgan fingerprint density at radius 2 is 2.29 bits per heavy atom. The molecule has 0 radical (unpaired) electrons. The van der Waals surface area contributed by atoms with Gasteiger partial charge in [-0.25, -0.2) is 9.78 Å². The quantitative estimate of drug-likeness (QED) is 0.908. The second-order valence-electron chi connectivity index (χ2n) is 4.90. The van der Waals surface area contributed by atoms with Crippen LogP contribution in [0, 0.1) is 0 Å². The normalized spacial score (nSPS) is 14.1. The molecule has 1 aliphatic rings. The van der Waals surface area contributed by atoms with Crippen LogP contribution in [0.4, 0.5) is 0 Å². The molecule has 21 heavy (non-hydrogen) atoms. The van der Waals surface area contributed by atoms with Crippen molar-refractivity contribution in [3.63, 3.8) is 0 Å². The Labute approximate surface area is 125 Å². The summed E-state index contributed by atoms with van der Waals surface area (Å²) in [4.78, 5) is 16.4. The van der Waals surface area contributed by atoms with Gasteiger partial charge >= 0.3 is 5.97 Å². The second kappa shape index (κ2) is 5.37. The molecule has 1 aromatic heterocycles. The topological polar surface area (TPSA) is 79.7 Å². The van der Waals surface area contributed by atoms with Crippen molar-refractivity contribution >= 4 is 17.3 Å². The average molecular weight is 305 g/mol. The van der Waals surface area contributed by atoms with Gasteiger partial charge in [0.15, 0.2) is 6.10 Å². The van der Waals surface area contributed by atoms with Crippen LogP contribution in [-0.4, -0.2) is 27.3 Å². The minimum absolute atomic E-state index is 0.0659.